The van der Waals surface area contributed by atoms with Gasteiger partial charge in [0, 0.05) is 54.2 Å². The number of halogens is 2. The van der Waals surface area contributed by atoms with Crippen molar-refractivity contribution in [3.05, 3.63) is 76.9 Å². The van der Waals surface area contributed by atoms with Gasteiger partial charge in [-0.05, 0) is 73.4 Å². The largest absolute Gasteiger partial charge is 0.373 e. The van der Waals surface area contributed by atoms with Crippen LogP contribution in [0.5, 0.6) is 0 Å². The summed E-state index contributed by atoms with van der Waals surface area (Å²) in [5.74, 6) is -1.24. The SMILES string of the molecule is C[C@@H]1CN(c2ccc(F)c3cc(F)ccc23)CCN1CC[C@@H]1OCCc2cc(C(N)=O)ccc21. The molecule has 1 amide bonds. The summed E-state index contributed by atoms with van der Waals surface area (Å²) in [6, 6.07) is 13.5. The van der Waals surface area contributed by atoms with Crippen LogP contribution in [-0.4, -0.2) is 49.6 Å². The van der Waals surface area contributed by atoms with E-state index in [0.29, 0.717) is 23.6 Å². The van der Waals surface area contributed by atoms with E-state index in [0.717, 1.165) is 61.2 Å². The average molecular weight is 466 g/mol. The van der Waals surface area contributed by atoms with Crippen LogP contribution in [0.15, 0.2) is 48.5 Å². The molecule has 3 aromatic carbocycles. The lowest BCUT2D eigenvalue weighted by Gasteiger charge is -2.42. The summed E-state index contributed by atoms with van der Waals surface area (Å²) >= 11 is 0. The standard InChI is InChI=1S/C27H29F2N3O2/c1-17-16-32(25-7-6-24(29)23-15-20(28)3-5-22(23)25)12-11-31(17)10-8-26-21-4-2-19(27(30)33)14-18(21)9-13-34-26/h2-7,14-15,17,26H,8-13,16H2,1H3,(H2,30,33)/t17-,26+/m1/s1. The number of anilines is 1. The fourth-order valence-corrected chi connectivity index (χ4v) is 5.30. The summed E-state index contributed by atoms with van der Waals surface area (Å²) in [4.78, 5) is 16.2. The number of benzene rings is 3. The van der Waals surface area contributed by atoms with Crippen LogP contribution in [0.1, 0.15) is 40.9 Å². The Morgan fingerprint density at radius 1 is 1.09 bits per heavy atom. The molecule has 2 aliphatic rings. The Hall–Kier alpha value is -3.03. The molecular weight excluding hydrogens is 436 g/mol. The predicted octanol–water partition coefficient (Wildman–Crippen LogP) is 4.43. The summed E-state index contributed by atoms with van der Waals surface area (Å²) < 4.78 is 34.0. The molecule has 0 saturated carbocycles. The topological polar surface area (TPSA) is 58.8 Å². The van der Waals surface area contributed by atoms with Crippen molar-refractivity contribution in [2.24, 2.45) is 5.73 Å². The second-order valence-corrected chi connectivity index (χ2v) is 9.26. The van der Waals surface area contributed by atoms with E-state index in [2.05, 4.69) is 16.7 Å². The van der Waals surface area contributed by atoms with E-state index in [1.807, 2.05) is 12.1 Å². The highest BCUT2D eigenvalue weighted by Gasteiger charge is 2.28. The van der Waals surface area contributed by atoms with Crippen LogP contribution in [-0.2, 0) is 11.2 Å². The number of rotatable bonds is 5. The number of carbonyl (C=O) groups is 1. The molecule has 0 unspecified atom stereocenters. The number of nitrogens with zero attached hydrogens (tertiary/aromatic N) is 2. The summed E-state index contributed by atoms with van der Waals surface area (Å²) in [5, 5.41) is 1.06. The molecule has 3 aromatic rings. The molecule has 0 aliphatic carbocycles. The predicted molar refractivity (Wildman–Crippen MR) is 129 cm³/mol. The van der Waals surface area contributed by atoms with Crippen molar-refractivity contribution < 1.29 is 18.3 Å². The molecule has 1 fully saturated rings. The van der Waals surface area contributed by atoms with Gasteiger partial charge in [0.2, 0.25) is 5.91 Å². The van der Waals surface area contributed by atoms with Gasteiger partial charge in [-0.1, -0.05) is 6.07 Å². The van der Waals surface area contributed by atoms with E-state index in [1.165, 1.54) is 18.2 Å². The third-order valence-corrected chi connectivity index (χ3v) is 7.15. The molecule has 0 spiro atoms. The highest BCUT2D eigenvalue weighted by Crippen LogP contribution is 2.33. The van der Waals surface area contributed by atoms with E-state index in [-0.39, 0.29) is 6.10 Å². The number of amides is 1. The minimum atomic E-state index is -0.431. The first-order chi connectivity index (χ1) is 16.4. The Morgan fingerprint density at radius 3 is 2.74 bits per heavy atom. The van der Waals surface area contributed by atoms with Crippen LogP contribution >= 0.6 is 0 Å². The van der Waals surface area contributed by atoms with Gasteiger partial charge >= 0.3 is 0 Å². The smallest absolute Gasteiger partial charge is 0.248 e. The molecule has 0 bridgehead atoms. The molecule has 178 valence electrons. The fraction of sp³-hybridized carbons (Fsp3) is 0.370. The Labute approximate surface area is 198 Å². The molecule has 0 radical (unpaired) electrons. The third kappa shape index (κ3) is 4.38. The van der Waals surface area contributed by atoms with Crippen LogP contribution < -0.4 is 10.6 Å². The minimum absolute atomic E-state index is 0.00634. The van der Waals surface area contributed by atoms with Crippen LogP contribution in [0.2, 0.25) is 0 Å². The van der Waals surface area contributed by atoms with Gasteiger partial charge in [-0.2, -0.15) is 0 Å². The zero-order valence-electron chi connectivity index (χ0n) is 19.3. The van der Waals surface area contributed by atoms with Crippen molar-refractivity contribution in [3.8, 4) is 0 Å². The zero-order chi connectivity index (χ0) is 23.8. The monoisotopic (exact) mass is 465 g/mol. The molecular formula is C27H29F2N3O2. The Balaban J connectivity index is 1.25. The van der Waals surface area contributed by atoms with Crippen molar-refractivity contribution >= 4 is 22.4 Å². The highest BCUT2D eigenvalue weighted by molar-refractivity contribution is 5.95. The number of primary amides is 1. The second-order valence-electron chi connectivity index (χ2n) is 9.26. The maximum absolute atomic E-state index is 14.3. The molecule has 1 saturated heterocycles. The van der Waals surface area contributed by atoms with E-state index in [4.69, 9.17) is 10.5 Å². The summed E-state index contributed by atoms with van der Waals surface area (Å²) in [7, 11) is 0. The van der Waals surface area contributed by atoms with Gasteiger partial charge in [-0.25, -0.2) is 8.78 Å². The quantitative estimate of drug-likeness (QED) is 0.606. The van der Waals surface area contributed by atoms with Gasteiger partial charge in [0.25, 0.3) is 0 Å². The highest BCUT2D eigenvalue weighted by atomic mass is 19.1. The molecule has 2 heterocycles. The van der Waals surface area contributed by atoms with Crippen LogP contribution in [0.4, 0.5) is 14.5 Å². The first-order valence-corrected chi connectivity index (χ1v) is 11.8. The van der Waals surface area contributed by atoms with Gasteiger partial charge in [-0.15, -0.1) is 0 Å². The van der Waals surface area contributed by atoms with Gasteiger partial charge in [0.05, 0.1) is 12.7 Å². The number of hydrogen-bond acceptors (Lipinski definition) is 4. The molecule has 5 rings (SSSR count). The van der Waals surface area contributed by atoms with Crippen LogP contribution in [0, 0.1) is 11.6 Å². The lowest BCUT2D eigenvalue weighted by Crippen LogP contribution is -2.52. The van der Waals surface area contributed by atoms with Crippen LogP contribution in [0.3, 0.4) is 0 Å². The number of nitrogens with two attached hydrogens (primary N) is 1. The van der Waals surface area contributed by atoms with Crippen molar-refractivity contribution in [1.82, 2.24) is 4.90 Å². The molecule has 34 heavy (non-hydrogen) atoms. The molecule has 0 aromatic heterocycles. The van der Waals surface area contributed by atoms with E-state index >= 15 is 0 Å². The Morgan fingerprint density at radius 2 is 1.94 bits per heavy atom. The minimum Gasteiger partial charge on any atom is -0.373 e. The maximum atomic E-state index is 14.3. The molecule has 7 heteroatoms. The summed E-state index contributed by atoms with van der Waals surface area (Å²) in [6.07, 6.45) is 1.66. The third-order valence-electron chi connectivity index (χ3n) is 7.15. The van der Waals surface area contributed by atoms with E-state index in [1.54, 1.807) is 18.2 Å². The van der Waals surface area contributed by atoms with Crippen molar-refractivity contribution in [2.45, 2.75) is 31.9 Å². The lowest BCUT2D eigenvalue weighted by atomic mass is 9.93. The summed E-state index contributed by atoms with van der Waals surface area (Å²) in [6.45, 7) is 6.23. The van der Waals surface area contributed by atoms with Gasteiger partial charge in [0.1, 0.15) is 11.6 Å². The first-order valence-electron chi connectivity index (χ1n) is 11.8. The zero-order valence-corrected chi connectivity index (χ0v) is 19.3. The van der Waals surface area contributed by atoms with Crippen molar-refractivity contribution in [3.63, 3.8) is 0 Å². The number of piperazine rings is 1. The number of carbonyl (C=O) groups excluding carboxylic acids is 1. The molecule has 2 aliphatic heterocycles. The molecule has 2 N–H and O–H groups in total. The second kappa shape index (κ2) is 9.31. The summed E-state index contributed by atoms with van der Waals surface area (Å²) in [5.41, 5.74) is 9.21. The molecule has 2 atom stereocenters. The van der Waals surface area contributed by atoms with Gasteiger partial charge < -0.3 is 15.4 Å². The maximum Gasteiger partial charge on any atom is 0.248 e. The van der Waals surface area contributed by atoms with Gasteiger partial charge in [0.15, 0.2) is 0 Å². The molecule has 5 nitrogen and oxygen atoms in total. The van der Waals surface area contributed by atoms with Crippen molar-refractivity contribution in [1.29, 1.82) is 0 Å². The number of fused-ring (bicyclic) bond motifs is 2. The normalized spacial score (nSPS) is 21.0. The Kier molecular flexibility index (Phi) is 6.23. The first kappa shape index (κ1) is 22.7. The number of hydrogen-bond donors (Lipinski definition) is 1. The van der Waals surface area contributed by atoms with Crippen molar-refractivity contribution in [2.75, 3.05) is 37.7 Å². The van der Waals surface area contributed by atoms with Gasteiger partial charge in [-0.3, -0.25) is 9.69 Å². The Bertz CT molecular complexity index is 1230. The number of ether oxygens (including phenoxy) is 1. The fourth-order valence-electron chi connectivity index (χ4n) is 5.30. The van der Waals surface area contributed by atoms with E-state index < -0.39 is 17.5 Å². The van der Waals surface area contributed by atoms with Crippen LogP contribution in [0.25, 0.3) is 10.8 Å². The average Bonchev–Trinajstić information content (AvgIpc) is 2.83. The van der Waals surface area contributed by atoms with E-state index in [9.17, 15) is 13.6 Å². The lowest BCUT2D eigenvalue weighted by molar-refractivity contribution is 0.0255.